The van der Waals surface area contributed by atoms with Gasteiger partial charge in [0.1, 0.15) is 0 Å². The predicted molar refractivity (Wildman–Crippen MR) is 99.4 cm³/mol. The van der Waals surface area contributed by atoms with Crippen molar-refractivity contribution in [3.8, 4) is 0 Å². The second-order valence-corrected chi connectivity index (χ2v) is 14.5. The molecular formula is C19H35NO3Si. The maximum atomic E-state index is 12.4. The van der Waals surface area contributed by atoms with Crippen LogP contribution in [0.25, 0.3) is 0 Å². The summed E-state index contributed by atoms with van der Waals surface area (Å²) in [5.41, 5.74) is 0.998. The molecule has 138 valence electrons. The van der Waals surface area contributed by atoms with Crippen LogP contribution in [0, 0.1) is 28.9 Å². The third-order valence-corrected chi connectivity index (χ3v) is 11.7. The van der Waals surface area contributed by atoms with Crippen LogP contribution in [0.1, 0.15) is 59.8 Å². The minimum Gasteiger partial charge on any atom is -0.413 e. The van der Waals surface area contributed by atoms with Gasteiger partial charge in [-0.1, -0.05) is 47.0 Å². The van der Waals surface area contributed by atoms with Gasteiger partial charge in [-0.25, -0.2) is 0 Å². The minimum atomic E-state index is -1.86. The summed E-state index contributed by atoms with van der Waals surface area (Å²) in [6.07, 6.45) is 6.61. The highest BCUT2D eigenvalue weighted by molar-refractivity contribution is 6.74. The number of hydrogen-bond donors (Lipinski definition) is 0. The Balaban J connectivity index is 1.87. The first-order valence-corrected chi connectivity index (χ1v) is 12.7. The van der Waals surface area contributed by atoms with E-state index in [-0.39, 0.29) is 17.1 Å². The molecule has 0 radical (unpaired) electrons. The Labute approximate surface area is 148 Å². The van der Waals surface area contributed by atoms with Crippen LogP contribution in [0.15, 0.2) is 0 Å². The molecule has 1 heterocycles. The highest BCUT2D eigenvalue weighted by atomic mass is 28.4. The standard InChI is InChI=1S/C19H35NO3Si/c1-13-16(14-10-8-7-9-11-14)17-15(12-22-20(17)21)18(13)23-24(5,6)19(2,3)4/h13-16,18H,7-12H2,1-6H3/t13-,15+,16+,18-/m1/s1. The lowest BCUT2D eigenvalue weighted by molar-refractivity contribution is -0.732. The van der Waals surface area contributed by atoms with Gasteiger partial charge in [0.25, 0.3) is 0 Å². The van der Waals surface area contributed by atoms with E-state index < -0.39 is 8.32 Å². The number of fused-ring (bicyclic) bond motifs is 1. The summed E-state index contributed by atoms with van der Waals surface area (Å²) in [6.45, 7) is 14.3. The SMILES string of the molecule is C[C@H]1[C@@H](O[Si](C)(C)C(C)(C)C)[C@H]2CO[N+]([O-])=C2[C@@H]1C1CCCCC1. The molecule has 0 saturated heterocycles. The van der Waals surface area contributed by atoms with Gasteiger partial charge in [0, 0.05) is 4.90 Å². The van der Waals surface area contributed by atoms with E-state index in [1.807, 2.05) is 0 Å². The van der Waals surface area contributed by atoms with Crippen molar-refractivity contribution >= 4 is 14.0 Å². The molecule has 4 nitrogen and oxygen atoms in total. The molecule has 2 fully saturated rings. The lowest BCUT2D eigenvalue weighted by Crippen LogP contribution is -2.47. The van der Waals surface area contributed by atoms with E-state index in [1.54, 1.807) is 0 Å². The van der Waals surface area contributed by atoms with E-state index >= 15 is 0 Å². The number of rotatable bonds is 3. The summed E-state index contributed by atoms with van der Waals surface area (Å²) in [5, 5.41) is 12.6. The summed E-state index contributed by atoms with van der Waals surface area (Å²) in [7, 11) is -1.86. The normalized spacial score (nSPS) is 35.2. The van der Waals surface area contributed by atoms with E-state index in [1.165, 1.54) is 32.1 Å². The van der Waals surface area contributed by atoms with E-state index in [4.69, 9.17) is 9.26 Å². The summed E-state index contributed by atoms with van der Waals surface area (Å²) >= 11 is 0. The lowest BCUT2D eigenvalue weighted by atomic mass is 9.75. The lowest BCUT2D eigenvalue weighted by Gasteiger charge is -2.41. The third kappa shape index (κ3) is 3.02. The summed E-state index contributed by atoms with van der Waals surface area (Å²) in [5.74, 6) is 1.57. The fourth-order valence-electron chi connectivity index (χ4n) is 4.79. The zero-order valence-corrected chi connectivity index (χ0v) is 17.3. The van der Waals surface area contributed by atoms with Crippen molar-refractivity contribution in [3.05, 3.63) is 5.21 Å². The van der Waals surface area contributed by atoms with Gasteiger partial charge in [0.15, 0.2) is 8.32 Å². The Kier molecular flexibility index (Phi) is 4.80. The Hall–Kier alpha value is -0.553. The maximum Gasteiger partial charge on any atom is 0.232 e. The molecule has 0 aromatic carbocycles. The summed E-state index contributed by atoms with van der Waals surface area (Å²) < 4.78 is 6.83. The highest BCUT2D eigenvalue weighted by Gasteiger charge is 2.58. The Morgan fingerprint density at radius 1 is 1.17 bits per heavy atom. The largest absolute Gasteiger partial charge is 0.413 e. The van der Waals surface area contributed by atoms with Crippen LogP contribution in [0.2, 0.25) is 18.1 Å². The molecule has 4 atom stereocenters. The maximum absolute atomic E-state index is 12.4. The first-order chi connectivity index (χ1) is 11.1. The van der Waals surface area contributed by atoms with Crippen molar-refractivity contribution in [2.75, 3.05) is 6.61 Å². The first-order valence-electron chi connectivity index (χ1n) is 9.78. The minimum absolute atomic E-state index is 0.145. The zero-order valence-electron chi connectivity index (χ0n) is 16.3. The van der Waals surface area contributed by atoms with Crippen molar-refractivity contribution in [1.82, 2.24) is 0 Å². The van der Waals surface area contributed by atoms with E-state index in [2.05, 4.69) is 40.8 Å². The quantitative estimate of drug-likeness (QED) is 0.544. The molecule has 3 rings (SSSR count). The van der Waals surface area contributed by atoms with Gasteiger partial charge in [0.05, 0.1) is 24.5 Å². The Morgan fingerprint density at radius 2 is 1.79 bits per heavy atom. The number of nitrogens with zero attached hydrogens (tertiary/aromatic N) is 1. The van der Waals surface area contributed by atoms with Crippen molar-refractivity contribution < 1.29 is 14.2 Å². The van der Waals surface area contributed by atoms with Crippen LogP contribution in [-0.2, 0) is 9.26 Å². The average molecular weight is 354 g/mol. The van der Waals surface area contributed by atoms with E-state index in [9.17, 15) is 5.21 Å². The van der Waals surface area contributed by atoms with Crippen molar-refractivity contribution in [2.24, 2.45) is 23.7 Å². The molecule has 0 N–H and O–H groups in total. The van der Waals surface area contributed by atoms with Gasteiger partial charge in [-0.05, 0) is 42.8 Å². The second kappa shape index (κ2) is 6.31. The van der Waals surface area contributed by atoms with Gasteiger partial charge in [-0.3, -0.25) is 5.21 Å². The van der Waals surface area contributed by atoms with Crippen LogP contribution in [0.5, 0.6) is 0 Å². The van der Waals surface area contributed by atoms with Crippen LogP contribution < -0.4 is 0 Å². The fraction of sp³-hybridized carbons (Fsp3) is 0.947. The Bertz CT molecular complexity index is 505. The molecule has 2 aliphatic carbocycles. The molecule has 0 aromatic rings. The molecular weight excluding hydrogens is 318 g/mol. The van der Waals surface area contributed by atoms with Crippen LogP contribution in [0.4, 0.5) is 0 Å². The van der Waals surface area contributed by atoms with E-state index in [0.717, 1.165) is 10.6 Å². The molecule has 24 heavy (non-hydrogen) atoms. The van der Waals surface area contributed by atoms with Crippen molar-refractivity contribution in [1.29, 1.82) is 0 Å². The fourth-order valence-corrected chi connectivity index (χ4v) is 6.20. The summed E-state index contributed by atoms with van der Waals surface area (Å²) in [6, 6.07) is 0. The van der Waals surface area contributed by atoms with Crippen molar-refractivity contribution in [2.45, 2.75) is 84.0 Å². The molecule has 0 unspecified atom stereocenters. The van der Waals surface area contributed by atoms with Crippen LogP contribution >= 0.6 is 0 Å². The molecule has 3 aliphatic rings. The summed E-state index contributed by atoms with van der Waals surface area (Å²) in [4.78, 5) is 6.25. The smallest absolute Gasteiger partial charge is 0.232 e. The topological polar surface area (TPSA) is 44.5 Å². The van der Waals surface area contributed by atoms with Crippen molar-refractivity contribution in [3.63, 3.8) is 0 Å². The average Bonchev–Trinajstić information content (AvgIpc) is 2.99. The van der Waals surface area contributed by atoms with Gasteiger partial charge >= 0.3 is 0 Å². The third-order valence-electron chi connectivity index (χ3n) is 7.18. The number of hydrogen-bond acceptors (Lipinski definition) is 3. The molecule has 0 bridgehead atoms. The van der Waals surface area contributed by atoms with Gasteiger partial charge < -0.3 is 9.26 Å². The monoisotopic (exact) mass is 353 g/mol. The Morgan fingerprint density at radius 3 is 2.38 bits per heavy atom. The molecule has 0 amide bonds. The van der Waals surface area contributed by atoms with Gasteiger partial charge in [-0.15, -0.1) is 0 Å². The predicted octanol–water partition coefficient (Wildman–Crippen LogP) is 4.74. The first kappa shape index (κ1) is 18.2. The molecule has 0 aromatic heterocycles. The second-order valence-electron chi connectivity index (χ2n) is 9.71. The van der Waals surface area contributed by atoms with E-state index in [0.29, 0.717) is 24.4 Å². The molecule has 5 heteroatoms. The van der Waals surface area contributed by atoms with Crippen LogP contribution in [0.3, 0.4) is 0 Å². The zero-order chi connectivity index (χ0) is 17.7. The van der Waals surface area contributed by atoms with Gasteiger partial charge in [-0.2, -0.15) is 0 Å². The van der Waals surface area contributed by atoms with Gasteiger partial charge in [0.2, 0.25) is 5.71 Å². The molecule has 2 saturated carbocycles. The molecule has 1 aliphatic heterocycles. The molecule has 0 spiro atoms. The van der Waals surface area contributed by atoms with Crippen LogP contribution in [-0.4, -0.2) is 31.6 Å². The highest BCUT2D eigenvalue weighted by Crippen LogP contribution is 2.49.